The SMILES string of the molecule is CCc1nccn1CC1CN(C(=O)c2cccc(SC)c2)C1. The average molecular weight is 315 g/mol. The molecule has 2 heterocycles. The molecular weight excluding hydrogens is 294 g/mol. The van der Waals surface area contributed by atoms with Gasteiger partial charge in [0, 0.05) is 54.8 Å². The Morgan fingerprint density at radius 1 is 1.41 bits per heavy atom. The zero-order valence-corrected chi connectivity index (χ0v) is 13.8. The molecule has 0 unspecified atom stereocenters. The van der Waals surface area contributed by atoms with E-state index in [1.807, 2.05) is 47.8 Å². The monoisotopic (exact) mass is 315 g/mol. The molecule has 0 spiro atoms. The molecule has 0 atom stereocenters. The van der Waals surface area contributed by atoms with Crippen LogP contribution in [0.2, 0.25) is 0 Å². The number of hydrogen-bond donors (Lipinski definition) is 0. The fourth-order valence-electron chi connectivity index (χ4n) is 2.89. The van der Waals surface area contributed by atoms with Crippen LogP contribution in [0.4, 0.5) is 0 Å². The summed E-state index contributed by atoms with van der Waals surface area (Å²) in [5.41, 5.74) is 0.794. The lowest BCUT2D eigenvalue weighted by Gasteiger charge is -2.39. The van der Waals surface area contributed by atoms with Crippen LogP contribution in [0.1, 0.15) is 23.1 Å². The summed E-state index contributed by atoms with van der Waals surface area (Å²) in [6.07, 6.45) is 6.86. The third-order valence-corrected chi connectivity index (χ3v) is 4.86. The molecule has 1 aromatic carbocycles. The normalized spacial score (nSPS) is 14.9. The Kier molecular flexibility index (Phi) is 4.52. The Hall–Kier alpha value is -1.75. The minimum atomic E-state index is 0.147. The first-order valence-corrected chi connectivity index (χ1v) is 8.87. The quantitative estimate of drug-likeness (QED) is 0.796. The number of imidazole rings is 1. The Morgan fingerprint density at radius 2 is 2.23 bits per heavy atom. The van der Waals surface area contributed by atoms with E-state index >= 15 is 0 Å². The number of likely N-dealkylation sites (tertiary alicyclic amines) is 1. The molecule has 1 fully saturated rings. The smallest absolute Gasteiger partial charge is 0.253 e. The van der Waals surface area contributed by atoms with Gasteiger partial charge in [-0.25, -0.2) is 4.98 Å². The number of carbonyl (C=O) groups excluding carboxylic acids is 1. The van der Waals surface area contributed by atoms with Crippen molar-refractivity contribution in [2.24, 2.45) is 5.92 Å². The summed E-state index contributed by atoms with van der Waals surface area (Å²) in [5, 5.41) is 0. The number of amides is 1. The predicted molar refractivity (Wildman–Crippen MR) is 89.2 cm³/mol. The highest BCUT2D eigenvalue weighted by atomic mass is 32.2. The van der Waals surface area contributed by atoms with Crippen LogP contribution >= 0.6 is 11.8 Å². The first-order chi connectivity index (χ1) is 10.7. The molecule has 0 aliphatic carbocycles. The number of benzene rings is 1. The molecule has 0 N–H and O–H groups in total. The second-order valence-corrected chi connectivity index (χ2v) is 6.54. The number of carbonyl (C=O) groups is 1. The van der Waals surface area contributed by atoms with Crippen molar-refractivity contribution in [1.29, 1.82) is 0 Å². The van der Waals surface area contributed by atoms with E-state index in [2.05, 4.69) is 16.5 Å². The van der Waals surface area contributed by atoms with Gasteiger partial charge in [-0.1, -0.05) is 13.0 Å². The molecule has 3 rings (SSSR count). The summed E-state index contributed by atoms with van der Waals surface area (Å²) in [6.45, 7) is 4.75. The average Bonchev–Trinajstić information content (AvgIpc) is 2.97. The van der Waals surface area contributed by atoms with Crippen molar-refractivity contribution in [2.75, 3.05) is 19.3 Å². The maximum atomic E-state index is 12.5. The van der Waals surface area contributed by atoms with Crippen LogP contribution < -0.4 is 0 Å². The number of nitrogens with zero attached hydrogens (tertiary/aromatic N) is 3. The highest BCUT2D eigenvalue weighted by Gasteiger charge is 2.31. The zero-order chi connectivity index (χ0) is 15.5. The number of aryl methyl sites for hydroxylation is 1. The number of rotatable bonds is 5. The van der Waals surface area contributed by atoms with Gasteiger partial charge < -0.3 is 9.47 Å². The van der Waals surface area contributed by atoms with E-state index in [1.54, 1.807) is 11.8 Å². The number of hydrogen-bond acceptors (Lipinski definition) is 3. The third-order valence-electron chi connectivity index (χ3n) is 4.13. The highest BCUT2D eigenvalue weighted by Crippen LogP contribution is 2.23. The molecule has 2 aromatic rings. The molecule has 0 radical (unpaired) electrons. The molecular formula is C17H21N3OS. The number of aromatic nitrogens is 2. The van der Waals surface area contributed by atoms with Crippen LogP contribution in [-0.4, -0.2) is 39.7 Å². The second kappa shape index (κ2) is 6.57. The maximum Gasteiger partial charge on any atom is 0.253 e. The van der Waals surface area contributed by atoms with Crippen LogP contribution in [-0.2, 0) is 13.0 Å². The van der Waals surface area contributed by atoms with Crippen molar-refractivity contribution in [3.05, 3.63) is 48.0 Å². The first-order valence-electron chi connectivity index (χ1n) is 7.64. The molecule has 22 heavy (non-hydrogen) atoms. The van der Waals surface area contributed by atoms with Gasteiger partial charge in [-0.3, -0.25) is 4.79 Å². The highest BCUT2D eigenvalue weighted by molar-refractivity contribution is 7.98. The molecule has 0 saturated carbocycles. The van der Waals surface area contributed by atoms with Gasteiger partial charge in [-0.2, -0.15) is 0 Å². The van der Waals surface area contributed by atoms with Gasteiger partial charge in [0.2, 0.25) is 0 Å². The Labute approximate surface area is 135 Å². The molecule has 1 aliphatic heterocycles. The van der Waals surface area contributed by atoms with Crippen molar-refractivity contribution in [2.45, 2.75) is 24.8 Å². The maximum absolute atomic E-state index is 12.5. The van der Waals surface area contributed by atoms with Crippen LogP contribution in [0.5, 0.6) is 0 Å². The van der Waals surface area contributed by atoms with Gasteiger partial charge in [0.25, 0.3) is 5.91 Å². The molecule has 4 nitrogen and oxygen atoms in total. The summed E-state index contributed by atoms with van der Waals surface area (Å²) in [4.78, 5) is 19.9. The second-order valence-electron chi connectivity index (χ2n) is 5.66. The van der Waals surface area contributed by atoms with E-state index in [0.29, 0.717) is 5.92 Å². The van der Waals surface area contributed by atoms with Crippen molar-refractivity contribution in [1.82, 2.24) is 14.5 Å². The number of thioether (sulfide) groups is 1. The van der Waals surface area contributed by atoms with Gasteiger partial charge in [-0.05, 0) is 24.5 Å². The van der Waals surface area contributed by atoms with E-state index in [1.165, 1.54) is 0 Å². The molecule has 1 amide bonds. The predicted octanol–water partition coefficient (Wildman–Crippen LogP) is 2.94. The topological polar surface area (TPSA) is 38.1 Å². The Balaban J connectivity index is 1.57. The van der Waals surface area contributed by atoms with Crippen LogP contribution in [0.3, 0.4) is 0 Å². The summed E-state index contributed by atoms with van der Waals surface area (Å²) in [6, 6.07) is 7.87. The fourth-order valence-corrected chi connectivity index (χ4v) is 3.35. The lowest BCUT2D eigenvalue weighted by Crippen LogP contribution is -2.51. The van der Waals surface area contributed by atoms with E-state index < -0.39 is 0 Å². The molecule has 116 valence electrons. The summed E-state index contributed by atoms with van der Waals surface area (Å²) < 4.78 is 2.21. The summed E-state index contributed by atoms with van der Waals surface area (Å²) in [7, 11) is 0. The largest absolute Gasteiger partial charge is 0.338 e. The molecule has 5 heteroatoms. The van der Waals surface area contributed by atoms with Gasteiger partial charge >= 0.3 is 0 Å². The minimum absolute atomic E-state index is 0.147. The van der Waals surface area contributed by atoms with E-state index in [-0.39, 0.29) is 5.91 Å². The van der Waals surface area contributed by atoms with E-state index in [0.717, 1.165) is 42.3 Å². The zero-order valence-electron chi connectivity index (χ0n) is 13.0. The lowest BCUT2D eigenvalue weighted by atomic mass is 9.98. The van der Waals surface area contributed by atoms with Crippen molar-refractivity contribution in [3.8, 4) is 0 Å². The van der Waals surface area contributed by atoms with Crippen LogP contribution in [0.25, 0.3) is 0 Å². The minimum Gasteiger partial charge on any atom is -0.338 e. The lowest BCUT2D eigenvalue weighted by molar-refractivity contribution is 0.0467. The van der Waals surface area contributed by atoms with Crippen LogP contribution in [0, 0.1) is 5.92 Å². The van der Waals surface area contributed by atoms with Gasteiger partial charge in [0.15, 0.2) is 0 Å². The van der Waals surface area contributed by atoms with Crippen molar-refractivity contribution >= 4 is 17.7 Å². The Bertz CT molecular complexity index is 661. The van der Waals surface area contributed by atoms with E-state index in [4.69, 9.17) is 0 Å². The standard InChI is InChI=1S/C17H21N3OS/c1-3-16-18-7-8-19(16)10-13-11-20(12-13)17(21)14-5-4-6-15(9-14)22-2/h4-9,13H,3,10-12H2,1-2H3. The molecule has 1 aliphatic rings. The van der Waals surface area contributed by atoms with Crippen molar-refractivity contribution < 1.29 is 4.79 Å². The third kappa shape index (κ3) is 3.04. The van der Waals surface area contributed by atoms with Gasteiger partial charge in [0.1, 0.15) is 5.82 Å². The first kappa shape index (κ1) is 15.2. The Morgan fingerprint density at radius 3 is 2.95 bits per heavy atom. The summed E-state index contributed by atoms with van der Waals surface area (Å²) >= 11 is 1.66. The molecule has 1 saturated heterocycles. The van der Waals surface area contributed by atoms with Gasteiger partial charge in [-0.15, -0.1) is 11.8 Å². The van der Waals surface area contributed by atoms with E-state index in [9.17, 15) is 4.79 Å². The summed E-state index contributed by atoms with van der Waals surface area (Å²) in [5.74, 6) is 1.80. The molecule has 0 bridgehead atoms. The fraction of sp³-hybridized carbons (Fsp3) is 0.412. The van der Waals surface area contributed by atoms with Gasteiger partial charge in [0.05, 0.1) is 0 Å². The molecule has 1 aromatic heterocycles. The van der Waals surface area contributed by atoms with Crippen LogP contribution in [0.15, 0.2) is 41.6 Å². The van der Waals surface area contributed by atoms with Crippen molar-refractivity contribution in [3.63, 3.8) is 0 Å².